The molecule has 7 heteroatoms. The van der Waals surface area contributed by atoms with E-state index in [2.05, 4.69) is 10.2 Å². The summed E-state index contributed by atoms with van der Waals surface area (Å²) in [6.45, 7) is 1.72. The fraction of sp³-hybridized carbons (Fsp3) is 0.182. The second-order valence-corrected chi connectivity index (χ2v) is 7.41. The number of benzene rings is 2. The summed E-state index contributed by atoms with van der Waals surface area (Å²) in [7, 11) is 0. The van der Waals surface area contributed by atoms with Crippen molar-refractivity contribution in [3.63, 3.8) is 0 Å². The highest BCUT2D eigenvalue weighted by Crippen LogP contribution is 2.37. The van der Waals surface area contributed by atoms with E-state index in [4.69, 9.17) is 16.7 Å². The third kappa shape index (κ3) is 3.15. The predicted octanol–water partition coefficient (Wildman–Crippen LogP) is 4.05. The van der Waals surface area contributed by atoms with E-state index in [1.54, 1.807) is 4.68 Å². The van der Waals surface area contributed by atoms with Crippen molar-refractivity contribution in [1.29, 1.82) is 0 Å². The molecule has 1 saturated heterocycles. The van der Waals surface area contributed by atoms with Gasteiger partial charge < -0.3 is 4.90 Å². The molecule has 1 aliphatic heterocycles. The summed E-state index contributed by atoms with van der Waals surface area (Å²) in [5, 5.41) is 14.7. The first kappa shape index (κ1) is 17.8. The average molecular weight is 404 g/mol. The summed E-state index contributed by atoms with van der Waals surface area (Å²) >= 11 is 6.83. The molecule has 0 bridgehead atoms. The van der Waals surface area contributed by atoms with Crippen LogP contribution in [0, 0.1) is 0 Å². The molecule has 1 fully saturated rings. The van der Waals surface area contributed by atoms with Crippen molar-refractivity contribution in [1.82, 2.24) is 24.9 Å². The highest BCUT2D eigenvalue weighted by molar-refractivity contribution is 6.38. The lowest BCUT2D eigenvalue weighted by molar-refractivity contribution is -0.135. The zero-order valence-corrected chi connectivity index (χ0v) is 16.4. The largest absolute Gasteiger partial charge is 0.341 e. The number of carbonyl (C=O) groups is 1. The maximum Gasteiger partial charge on any atom is 0.244 e. The van der Waals surface area contributed by atoms with Crippen LogP contribution in [-0.4, -0.2) is 43.9 Å². The van der Waals surface area contributed by atoms with Crippen molar-refractivity contribution >= 4 is 28.5 Å². The lowest BCUT2D eigenvalue weighted by atomic mass is 10.1. The highest BCUT2D eigenvalue weighted by Gasteiger charge is 2.25. The highest BCUT2D eigenvalue weighted by atomic mass is 35.5. The van der Waals surface area contributed by atoms with Gasteiger partial charge in [0.1, 0.15) is 17.9 Å². The summed E-state index contributed by atoms with van der Waals surface area (Å²) in [6.07, 6.45) is 1.05. The molecule has 2 aromatic heterocycles. The van der Waals surface area contributed by atoms with Gasteiger partial charge in [0.05, 0.1) is 10.4 Å². The van der Waals surface area contributed by atoms with Gasteiger partial charge in [-0.3, -0.25) is 4.79 Å². The first-order valence-corrected chi connectivity index (χ1v) is 9.91. The van der Waals surface area contributed by atoms with Crippen LogP contribution in [-0.2, 0) is 11.3 Å². The Labute approximate surface area is 172 Å². The quantitative estimate of drug-likeness (QED) is 0.515. The molecule has 4 aromatic rings. The van der Waals surface area contributed by atoms with Crippen LogP contribution >= 0.6 is 11.6 Å². The zero-order valence-electron chi connectivity index (χ0n) is 15.6. The van der Waals surface area contributed by atoms with E-state index >= 15 is 0 Å². The van der Waals surface area contributed by atoms with Gasteiger partial charge in [0, 0.05) is 24.2 Å². The van der Waals surface area contributed by atoms with Crippen molar-refractivity contribution in [2.75, 3.05) is 13.1 Å². The van der Waals surface area contributed by atoms with E-state index in [1.165, 1.54) is 0 Å². The van der Waals surface area contributed by atoms with E-state index in [1.807, 2.05) is 65.6 Å². The number of aromatic nitrogens is 4. The minimum Gasteiger partial charge on any atom is -0.341 e. The van der Waals surface area contributed by atoms with E-state index in [-0.39, 0.29) is 12.5 Å². The first-order valence-electron chi connectivity index (χ1n) is 9.53. The Bertz CT molecular complexity index is 1190. The van der Waals surface area contributed by atoms with Crippen molar-refractivity contribution < 1.29 is 4.79 Å². The van der Waals surface area contributed by atoms with Gasteiger partial charge in [-0.25, -0.2) is 4.68 Å². The molecule has 0 unspecified atom stereocenters. The van der Waals surface area contributed by atoms with Gasteiger partial charge in [0.25, 0.3) is 0 Å². The predicted molar refractivity (Wildman–Crippen MR) is 112 cm³/mol. The topological polar surface area (TPSA) is 63.9 Å². The Morgan fingerprint density at radius 2 is 1.52 bits per heavy atom. The minimum absolute atomic E-state index is 0.0327. The van der Waals surface area contributed by atoms with Gasteiger partial charge in [-0.2, -0.15) is 5.10 Å². The number of rotatable bonds is 4. The van der Waals surface area contributed by atoms with Crippen LogP contribution in [0.3, 0.4) is 0 Å². The van der Waals surface area contributed by atoms with Gasteiger partial charge in [-0.15, -0.1) is 10.2 Å². The molecule has 1 amide bonds. The Balaban J connectivity index is 1.69. The van der Waals surface area contributed by atoms with E-state index in [0.717, 1.165) is 30.6 Å². The van der Waals surface area contributed by atoms with Crippen molar-refractivity contribution in [2.24, 2.45) is 0 Å². The van der Waals surface area contributed by atoms with Crippen molar-refractivity contribution in [3.8, 4) is 22.5 Å². The van der Waals surface area contributed by atoms with Gasteiger partial charge in [-0.1, -0.05) is 72.3 Å². The number of fused-ring (bicyclic) bond motifs is 1. The molecule has 0 saturated carbocycles. The van der Waals surface area contributed by atoms with Crippen LogP contribution in [0.25, 0.3) is 33.5 Å². The van der Waals surface area contributed by atoms with Crippen LogP contribution in [0.1, 0.15) is 6.42 Å². The zero-order chi connectivity index (χ0) is 19.8. The number of halogens is 1. The van der Waals surface area contributed by atoms with Crippen molar-refractivity contribution in [3.05, 3.63) is 65.7 Å². The molecular formula is C22H18ClN5O. The van der Waals surface area contributed by atoms with E-state index < -0.39 is 0 Å². The fourth-order valence-corrected chi connectivity index (χ4v) is 3.82. The Morgan fingerprint density at radius 1 is 0.897 bits per heavy atom. The third-order valence-electron chi connectivity index (χ3n) is 5.19. The molecule has 144 valence electrons. The Kier molecular flexibility index (Phi) is 4.48. The second-order valence-electron chi connectivity index (χ2n) is 7.03. The number of nitrogens with zero attached hydrogens (tertiary/aromatic N) is 5. The maximum absolute atomic E-state index is 12.5. The van der Waals surface area contributed by atoms with Crippen molar-refractivity contribution in [2.45, 2.75) is 13.0 Å². The minimum atomic E-state index is 0.0327. The van der Waals surface area contributed by atoms with Gasteiger partial charge in [-0.05, 0) is 6.42 Å². The normalized spacial score (nSPS) is 13.5. The summed E-state index contributed by atoms with van der Waals surface area (Å²) in [4.78, 5) is 14.4. The van der Waals surface area contributed by atoms with E-state index in [0.29, 0.717) is 27.4 Å². The SMILES string of the molecule is O=C(Cn1nc(-c2ccccc2)c2c(Cl)c(-c3ccccc3)nnc21)N1CCC1. The number of amides is 1. The molecule has 3 heterocycles. The molecule has 0 N–H and O–H groups in total. The third-order valence-corrected chi connectivity index (χ3v) is 5.55. The molecule has 6 nitrogen and oxygen atoms in total. The van der Waals surface area contributed by atoms with Crippen LogP contribution < -0.4 is 0 Å². The summed E-state index contributed by atoms with van der Waals surface area (Å²) in [5.74, 6) is 0.0327. The van der Waals surface area contributed by atoms with E-state index in [9.17, 15) is 4.79 Å². The summed E-state index contributed by atoms with van der Waals surface area (Å²) < 4.78 is 1.62. The lowest BCUT2D eigenvalue weighted by Gasteiger charge is -2.30. The van der Waals surface area contributed by atoms with Gasteiger partial charge in [0.2, 0.25) is 5.91 Å². The van der Waals surface area contributed by atoms with Crippen LogP contribution in [0.2, 0.25) is 5.02 Å². The molecule has 0 atom stereocenters. The molecule has 2 aromatic carbocycles. The monoisotopic (exact) mass is 403 g/mol. The van der Waals surface area contributed by atoms with Gasteiger partial charge >= 0.3 is 0 Å². The molecule has 0 spiro atoms. The lowest BCUT2D eigenvalue weighted by Crippen LogP contribution is -2.43. The summed E-state index contributed by atoms with van der Waals surface area (Å²) in [5.41, 5.74) is 3.62. The number of carbonyl (C=O) groups excluding carboxylic acids is 1. The summed E-state index contributed by atoms with van der Waals surface area (Å²) in [6, 6.07) is 19.5. The number of hydrogen-bond donors (Lipinski definition) is 0. The van der Waals surface area contributed by atoms with Crippen LogP contribution in [0.5, 0.6) is 0 Å². The van der Waals surface area contributed by atoms with Crippen LogP contribution in [0.4, 0.5) is 0 Å². The molecule has 0 aliphatic carbocycles. The number of likely N-dealkylation sites (tertiary alicyclic amines) is 1. The first-order chi connectivity index (χ1) is 14.2. The molecule has 29 heavy (non-hydrogen) atoms. The van der Waals surface area contributed by atoms with Gasteiger partial charge in [0.15, 0.2) is 5.65 Å². The maximum atomic E-state index is 12.5. The Hall–Kier alpha value is -3.25. The molecule has 0 radical (unpaired) electrons. The standard InChI is InChI=1S/C22H18ClN5O/c23-19-18-20(15-8-3-1-4-9-15)26-28(14-17(29)27-12-7-13-27)22(18)25-24-21(19)16-10-5-2-6-11-16/h1-6,8-11H,7,12-14H2. The second kappa shape index (κ2) is 7.29. The average Bonchev–Trinajstić information content (AvgIpc) is 3.07. The smallest absolute Gasteiger partial charge is 0.244 e. The Morgan fingerprint density at radius 3 is 2.10 bits per heavy atom. The molecular weight excluding hydrogens is 386 g/mol. The number of hydrogen-bond acceptors (Lipinski definition) is 4. The molecule has 5 rings (SSSR count). The van der Waals surface area contributed by atoms with Crippen LogP contribution in [0.15, 0.2) is 60.7 Å². The molecule has 1 aliphatic rings. The fourth-order valence-electron chi connectivity index (χ4n) is 3.50.